The molecule has 0 bridgehead atoms. The van der Waals surface area contributed by atoms with Crippen molar-refractivity contribution in [3.05, 3.63) is 46.8 Å². The van der Waals surface area contributed by atoms with Crippen LogP contribution in [0.25, 0.3) is 0 Å². The first-order valence-corrected chi connectivity index (χ1v) is 9.64. The predicted molar refractivity (Wildman–Crippen MR) is 88.2 cm³/mol. The number of rotatable bonds is 5. The van der Waals surface area contributed by atoms with Crippen LogP contribution in [0.2, 0.25) is 0 Å². The Kier molecular flexibility index (Phi) is 4.52. The Morgan fingerprint density at radius 2 is 2.09 bits per heavy atom. The number of fused-ring (bicyclic) bond motifs is 1. The number of hydrogen-bond donors (Lipinski definition) is 1. The van der Waals surface area contributed by atoms with Gasteiger partial charge in [-0.1, -0.05) is 12.1 Å². The molecule has 122 valence electrons. The van der Waals surface area contributed by atoms with Crippen LogP contribution >= 0.6 is 11.3 Å². The van der Waals surface area contributed by atoms with E-state index in [4.69, 9.17) is 4.74 Å². The van der Waals surface area contributed by atoms with E-state index in [0.29, 0.717) is 16.5 Å². The van der Waals surface area contributed by atoms with Crippen molar-refractivity contribution in [2.24, 2.45) is 5.92 Å². The minimum atomic E-state index is -3.42. The first-order valence-electron chi connectivity index (χ1n) is 7.27. The number of sulfonamides is 1. The molecular weight excluding hydrogens is 334 g/mol. The summed E-state index contributed by atoms with van der Waals surface area (Å²) in [7, 11) is -3.42. The third-order valence-electron chi connectivity index (χ3n) is 3.78. The Labute approximate surface area is 139 Å². The van der Waals surface area contributed by atoms with Crippen molar-refractivity contribution in [2.45, 2.75) is 24.0 Å². The summed E-state index contributed by atoms with van der Waals surface area (Å²) < 4.78 is 32.4. The summed E-state index contributed by atoms with van der Waals surface area (Å²) in [6.07, 6.45) is 1.60. The Morgan fingerprint density at radius 1 is 1.30 bits per heavy atom. The standard InChI is InChI=1S/C16H17NO4S2/c1-11(18)21-15-5-4-13-7-12(8-14(13)9-15)10-17-23(19,20)16-3-2-6-22-16/h2-6,9,12,17H,7-8,10H2,1H3. The van der Waals surface area contributed by atoms with Gasteiger partial charge in [0.15, 0.2) is 0 Å². The van der Waals surface area contributed by atoms with Crippen molar-refractivity contribution >= 4 is 27.3 Å². The monoisotopic (exact) mass is 351 g/mol. The molecule has 2 aromatic rings. The van der Waals surface area contributed by atoms with Gasteiger partial charge in [-0.3, -0.25) is 4.79 Å². The molecule has 0 aliphatic heterocycles. The number of benzene rings is 1. The molecule has 5 nitrogen and oxygen atoms in total. The van der Waals surface area contributed by atoms with Crippen LogP contribution in [0.3, 0.4) is 0 Å². The van der Waals surface area contributed by atoms with E-state index in [1.54, 1.807) is 23.6 Å². The molecule has 1 unspecified atom stereocenters. The molecule has 0 saturated carbocycles. The lowest BCUT2D eigenvalue weighted by molar-refractivity contribution is -0.131. The Morgan fingerprint density at radius 3 is 2.78 bits per heavy atom. The molecule has 0 radical (unpaired) electrons. The summed E-state index contributed by atoms with van der Waals surface area (Å²) in [5.41, 5.74) is 2.30. The van der Waals surface area contributed by atoms with Crippen molar-refractivity contribution in [1.29, 1.82) is 0 Å². The zero-order chi connectivity index (χ0) is 16.4. The molecule has 1 atom stereocenters. The van der Waals surface area contributed by atoms with E-state index in [1.807, 2.05) is 12.1 Å². The third-order valence-corrected chi connectivity index (χ3v) is 6.60. The van der Waals surface area contributed by atoms with Gasteiger partial charge in [0.1, 0.15) is 9.96 Å². The normalized spacial score (nSPS) is 17.0. The van der Waals surface area contributed by atoms with Gasteiger partial charge in [0.2, 0.25) is 10.0 Å². The van der Waals surface area contributed by atoms with Crippen molar-refractivity contribution in [1.82, 2.24) is 4.72 Å². The van der Waals surface area contributed by atoms with Gasteiger partial charge in [-0.05, 0) is 53.5 Å². The molecule has 1 aromatic heterocycles. The van der Waals surface area contributed by atoms with Gasteiger partial charge in [-0.2, -0.15) is 0 Å². The maximum Gasteiger partial charge on any atom is 0.308 e. The molecule has 1 aromatic carbocycles. The largest absolute Gasteiger partial charge is 0.427 e. The minimum Gasteiger partial charge on any atom is -0.427 e. The lowest BCUT2D eigenvalue weighted by Gasteiger charge is -2.10. The number of hydrogen-bond acceptors (Lipinski definition) is 5. The van der Waals surface area contributed by atoms with Crippen molar-refractivity contribution < 1.29 is 17.9 Å². The zero-order valence-electron chi connectivity index (χ0n) is 12.6. The molecule has 7 heteroatoms. The van der Waals surface area contributed by atoms with Crippen LogP contribution in [0, 0.1) is 5.92 Å². The van der Waals surface area contributed by atoms with Gasteiger partial charge < -0.3 is 4.74 Å². The van der Waals surface area contributed by atoms with E-state index in [-0.39, 0.29) is 11.9 Å². The van der Waals surface area contributed by atoms with Crippen molar-refractivity contribution in [3.63, 3.8) is 0 Å². The topological polar surface area (TPSA) is 72.5 Å². The zero-order valence-corrected chi connectivity index (χ0v) is 14.2. The molecular formula is C16H17NO4S2. The fourth-order valence-corrected chi connectivity index (χ4v) is 4.93. The number of esters is 1. The summed E-state index contributed by atoms with van der Waals surface area (Å²) in [6.45, 7) is 1.77. The Bertz CT molecular complexity index is 813. The highest BCUT2D eigenvalue weighted by Gasteiger charge is 2.24. The summed E-state index contributed by atoms with van der Waals surface area (Å²) in [5.74, 6) is 0.409. The van der Waals surface area contributed by atoms with Gasteiger partial charge in [0, 0.05) is 13.5 Å². The maximum absolute atomic E-state index is 12.1. The van der Waals surface area contributed by atoms with Gasteiger partial charge in [-0.15, -0.1) is 11.3 Å². The van der Waals surface area contributed by atoms with Crippen LogP contribution in [-0.4, -0.2) is 20.9 Å². The summed E-state index contributed by atoms with van der Waals surface area (Å²) in [5, 5.41) is 1.75. The van der Waals surface area contributed by atoms with Crippen molar-refractivity contribution in [2.75, 3.05) is 6.54 Å². The van der Waals surface area contributed by atoms with Gasteiger partial charge >= 0.3 is 5.97 Å². The molecule has 3 rings (SSSR count). The SMILES string of the molecule is CC(=O)Oc1ccc2c(c1)CC(CNS(=O)(=O)c1cccs1)C2. The smallest absolute Gasteiger partial charge is 0.308 e. The van der Waals surface area contributed by atoms with Crippen LogP contribution in [0.1, 0.15) is 18.1 Å². The number of thiophene rings is 1. The number of ether oxygens (including phenoxy) is 1. The number of carbonyl (C=O) groups excluding carboxylic acids is 1. The molecule has 1 aliphatic carbocycles. The summed E-state index contributed by atoms with van der Waals surface area (Å²) in [4.78, 5) is 11.0. The van der Waals surface area contributed by atoms with E-state index >= 15 is 0 Å². The summed E-state index contributed by atoms with van der Waals surface area (Å²) >= 11 is 1.21. The van der Waals surface area contributed by atoms with E-state index in [9.17, 15) is 13.2 Å². The highest BCUT2D eigenvalue weighted by Crippen LogP contribution is 2.30. The Hall–Kier alpha value is -1.70. The molecule has 1 N–H and O–H groups in total. The molecule has 1 aliphatic rings. The molecule has 1 heterocycles. The van der Waals surface area contributed by atoms with Crippen LogP contribution in [0.5, 0.6) is 5.75 Å². The van der Waals surface area contributed by atoms with E-state index < -0.39 is 10.0 Å². The first kappa shape index (κ1) is 16.2. The van der Waals surface area contributed by atoms with E-state index in [2.05, 4.69) is 4.72 Å². The highest BCUT2D eigenvalue weighted by atomic mass is 32.2. The van der Waals surface area contributed by atoms with Gasteiger partial charge in [-0.25, -0.2) is 13.1 Å². The van der Waals surface area contributed by atoms with Gasteiger partial charge in [0.05, 0.1) is 0 Å². The fraction of sp³-hybridized carbons (Fsp3) is 0.312. The van der Waals surface area contributed by atoms with Crippen LogP contribution < -0.4 is 9.46 Å². The van der Waals surface area contributed by atoms with Crippen LogP contribution in [0.15, 0.2) is 39.9 Å². The number of carbonyl (C=O) groups is 1. The lowest BCUT2D eigenvalue weighted by Crippen LogP contribution is -2.29. The lowest BCUT2D eigenvalue weighted by atomic mass is 10.1. The molecule has 0 amide bonds. The van der Waals surface area contributed by atoms with Crippen molar-refractivity contribution in [3.8, 4) is 5.75 Å². The van der Waals surface area contributed by atoms with Crippen LogP contribution in [0.4, 0.5) is 0 Å². The second kappa shape index (κ2) is 6.43. The average molecular weight is 351 g/mol. The highest BCUT2D eigenvalue weighted by molar-refractivity contribution is 7.91. The third kappa shape index (κ3) is 3.80. The number of nitrogens with one attached hydrogen (secondary N) is 1. The minimum absolute atomic E-state index is 0.215. The Balaban J connectivity index is 1.63. The average Bonchev–Trinajstić information content (AvgIpc) is 3.13. The first-order chi connectivity index (χ1) is 10.9. The second-order valence-corrected chi connectivity index (χ2v) is 8.52. The fourth-order valence-electron chi connectivity index (χ4n) is 2.77. The molecule has 0 saturated heterocycles. The van der Waals surface area contributed by atoms with Crippen LogP contribution in [-0.2, 0) is 27.7 Å². The van der Waals surface area contributed by atoms with Gasteiger partial charge in [0.25, 0.3) is 0 Å². The molecule has 0 fully saturated rings. The summed E-state index contributed by atoms with van der Waals surface area (Å²) in [6, 6.07) is 8.91. The molecule has 23 heavy (non-hydrogen) atoms. The van der Waals surface area contributed by atoms with E-state index in [0.717, 1.165) is 18.4 Å². The van der Waals surface area contributed by atoms with E-state index in [1.165, 1.54) is 23.8 Å². The molecule has 0 spiro atoms. The maximum atomic E-state index is 12.1. The second-order valence-electron chi connectivity index (χ2n) is 5.58. The predicted octanol–water partition coefficient (Wildman–Crippen LogP) is 2.37. The quantitative estimate of drug-likeness (QED) is 0.663.